The van der Waals surface area contributed by atoms with Gasteiger partial charge in [0.15, 0.2) is 0 Å². The summed E-state index contributed by atoms with van der Waals surface area (Å²) in [6.07, 6.45) is 7.26. The van der Waals surface area contributed by atoms with Crippen molar-refractivity contribution < 1.29 is 0 Å². The Labute approximate surface area is 105 Å². The summed E-state index contributed by atoms with van der Waals surface area (Å²) in [6.45, 7) is 10.5. The lowest BCUT2D eigenvalue weighted by molar-refractivity contribution is 0.362. The summed E-state index contributed by atoms with van der Waals surface area (Å²) in [5.74, 6) is 0. The van der Waals surface area contributed by atoms with Crippen molar-refractivity contribution in [2.24, 2.45) is 12.5 Å². The van der Waals surface area contributed by atoms with Crippen LogP contribution in [0.1, 0.15) is 32.4 Å². The first kappa shape index (κ1) is 14.0. The second-order valence-corrected chi connectivity index (χ2v) is 4.98. The van der Waals surface area contributed by atoms with Gasteiger partial charge in [0.2, 0.25) is 0 Å². The molecule has 0 aliphatic carbocycles. The largest absolute Gasteiger partial charge is 0.316 e. The van der Waals surface area contributed by atoms with Crippen LogP contribution in [0, 0.1) is 5.41 Å². The van der Waals surface area contributed by atoms with Gasteiger partial charge < -0.3 is 5.32 Å². The highest BCUT2D eigenvalue weighted by Crippen LogP contribution is 2.24. The van der Waals surface area contributed by atoms with Crippen molar-refractivity contribution in [2.45, 2.75) is 33.1 Å². The second-order valence-electron chi connectivity index (χ2n) is 4.98. The molecule has 1 N–H and O–H groups in total. The Morgan fingerprint density at radius 3 is 2.88 bits per heavy atom. The van der Waals surface area contributed by atoms with Gasteiger partial charge in [0, 0.05) is 25.5 Å². The monoisotopic (exact) mass is 235 g/mol. The van der Waals surface area contributed by atoms with Gasteiger partial charge in [-0.05, 0) is 37.3 Å². The molecule has 1 atom stereocenters. The van der Waals surface area contributed by atoms with Crippen LogP contribution in [0.5, 0.6) is 0 Å². The highest BCUT2D eigenvalue weighted by Gasteiger charge is 2.19. The second kappa shape index (κ2) is 6.60. The molecular formula is C14H25N3. The zero-order valence-electron chi connectivity index (χ0n) is 11.4. The minimum absolute atomic E-state index is 0.166. The van der Waals surface area contributed by atoms with Gasteiger partial charge in [0.05, 0.1) is 0 Å². The first-order valence-corrected chi connectivity index (χ1v) is 6.42. The lowest BCUT2D eigenvalue weighted by Gasteiger charge is -2.26. The third-order valence-electron chi connectivity index (χ3n) is 3.32. The summed E-state index contributed by atoms with van der Waals surface area (Å²) in [6, 6.07) is 2.09. The molecule has 3 nitrogen and oxygen atoms in total. The van der Waals surface area contributed by atoms with Crippen LogP contribution in [0.15, 0.2) is 24.9 Å². The standard InChI is InChI=1S/C14H25N3/c1-5-10-15-12-14(3,6-2)9-7-13-8-11-16-17(13)4/h6,8,11,15H,2,5,7,9-10,12H2,1,3-4H3. The van der Waals surface area contributed by atoms with Crippen molar-refractivity contribution in [2.75, 3.05) is 13.1 Å². The Kier molecular flexibility index (Phi) is 5.42. The van der Waals surface area contributed by atoms with Crippen molar-refractivity contribution in [1.82, 2.24) is 15.1 Å². The number of aromatic nitrogens is 2. The molecule has 1 rings (SSSR count). The molecule has 0 aromatic carbocycles. The number of aryl methyl sites for hydroxylation is 2. The molecule has 0 fully saturated rings. The SMILES string of the molecule is C=CC(C)(CCc1ccnn1C)CNCCC. The fourth-order valence-corrected chi connectivity index (χ4v) is 1.87. The Balaban J connectivity index is 2.45. The highest BCUT2D eigenvalue weighted by atomic mass is 15.2. The molecule has 3 heteroatoms. The molecule has 0 bridgehead atoms. The molecule has 96 valence electrons. The molecule has 0 aliphatic heterocycles. The van der Waals surface area contributed by atoms with Crippen LogP contribution in [-0.2, 0) is 13.5 Å². The van der Waals surface area contributed by atoms with Crippen molar-refractivity contribution in [3.05, 3.63) is 30.6 Å². The van der Waals surface area contributed by atoms with E-state index in [0.29, 0.717) is 0 Å². The fourth-order valence-electron chi connectivity index (χ4n) is 1.87. The minimum atomic E-state index is 0.166. The van der Waals surface area contributed by atoms with Crippen LogP contribution < -0.4 is 5.32 Å². The van der Waals surface area contributed by atoms with E-state index in [1.165, 1.54) is 12.1 Å². The summed E-state index contributed by atoms with van der Waals surface area (Å²) in [4.78, 5) is 0. The summed E-state index contributed by atoms with van der Waals surface area (Å²) in [7, 11) is 2.00. The third-order valence-corrected chi connectivity index (χ3v) is 3.32. The van der Waals surface area contributed by atoms with E-state index in [1.54, 1.807) is 0 Å². The van der Waals surface area contributed by atoms with Crippen molar-refractivity contribution in [3.63, 3.8) is 0 Å². The van der Waals surface area contributed by atoms with E-state index < -0.39 is 0 Å². The van der Waals surface area contributed by atoms with Gasteiger partial charge in [-0.2, -0.15) is 5.10 Å². The normalized spacial score (nSPS) is 14.5. The number of hydrogen-bond donors (Lipinski definition) is 1. The van der Waals surface area contributed by atoms with E-state index >= 15 is 0 Å². The van der Waals surface area contributed by atoms with Gasteiger partial charge in [0.25, 0.3) is 0 Å². The summed E-state index contributed by atoms with van der Waals surface area (Å²) in [5, 5.41) is 7.67. The Morgan fingerprint density at radius 1 is 1.59 bits per heavy atom. The quantitative estimate of drug-likeness (QED) is 0.554. The van der Waals surface area contributed by atoms with Crippen LogP contribution in [0.25, 0.3) is 0 Å². The zero-order chi connectivity index (χ0) is 12.7. The Morgan fingerprint density at radius 2 is 2.35 bits per heavy atom. The van der Waals surface area contributed by atoms with Gasteiger partial charge in [-0.25, -0.2) is 0 Å². The van der Waals surface area contributed by atoms with E-state index in [9.17, 15) is 0 Å². The molecule has 0 aliphatic rings. The van der Waals surface area contributed by atoms with E-state index in [4.69, 9.17) is 0 Å². The number of rotatable bonds is 8. The third kappa shape index (κ3) is 4.35. The van der Waals surface area contributed by atoms with E-state index in [0.717, 1.165) is 25.9 Å². The average Bonchev–Trinajstić information content (AvgIpc) is 2.73. The predicted molar refractivity (Wildman–Crippen MR) is 73.0 cm³/mol. The van der Waals surface area contributed by atoms with Gasteiger partial charge in [-0.15, -0.1) is 6.58 Å². The molecule has 0 radical (unpaired) electrons. The molecular weight excluding hydrogens is 210 g/mol. The van der Waals surface area contributed by atoms with Gasteiger partial charge in [-0.3, -0.25) is 4.68 Å². The first-order valence-electron chi connectivity index (χ1n) is 6.42. The molecule has 0 saturated heterocycles. The maximum Gasteiger partial charge on any atom is 0.0492 e. The maximum atomic E-state index is 4.19. The zero-order valence-corrected chi connectivity index (χ0v) is 11.4. The number of nitrogens with one attached hydrogen (secondary N) is 1. The smallest absolute Gasteiger partial charge is 0.0492 e. The summed E-state index contributed by atoms with van der Waals surface area (Å²) < 4.78 is 1.95. The molecule has 1 aromatic rings. The molecule has 0 spiro atoms. The van der Waals surface area contributed by atoms with Crippen LogP contribution in [0.4, 0.5) is 0 Å². The van der Waals surface area contributed by atoms with Crippen molar-refractivity contribution in [1.29, 1.82) is 0 Å². The average molecular weight is 235 g/mol. The molecule has 17 heavy (non-hydrogen) atoms. The Bertz CT molecular complexity index is 343. The number of nitrogens with zero attached hydrogens (tertiary/aromatic N) is 2. The number of hydrogen-bond acceptors (Lipinski definition) is 2. The van der Waals surface area contributed by atoms with Crippen molar-refractivity contribution >= 4 is 0 Å². The van der Waals surface area contributed by atoms with Crippen LogP contribution >= 0.6 is 0 Å². The lowest BCUT2D eigenvalue weighted by atomic mass is 9.85. The first-order chi connectivity index (χ1) is 8.11. The van der Waals surface area contributed by atoms with E-state index in [2.05, 4.69) is 43.0 Å². The van der Waals surface area contributed by atoms with Crippen LogP contribution in [-0.4, -0.2) is 22.9 Å². The van der Waals surface area contributed by atoms with Gasteiger partial charge in [0.1, 0.15) is 0 Å². The molecule has 1 aromatic heterocycles. The summed E-state index contributed by atoms with van der Waals surface area (Å²) >= 11 is 0. The van der Waals surface area contributed by atoms with Gasteiger partial charge >= 0.3 is 0 Å². The molecule has 0 saturated carbocycles. The molecule has 1 unspecified atom stereocenters. The molecule has 1 heterocycles. The fraction of sp³-hybridized carbons (Fsp3) is 0.643. The van der Waals surface area contributed by atoms with Crippen molar-refractivity contribution in [3.8, 4) is 0 Å². The Hall–Kier alpha value is -1.09. The lowest BCUT2D eigenvalue weighted by Crippen LogP contribution is -2.31. The molecule has 0 amide bonds. The summed E-state index contributed by atoms with van der Waals surface area (Å²) in [5.41, 5.74) is 1.45. The van der Waals surface area contributed by atoms with Crippen LogP contribution in [0.3, 0.4) is 0 Å². The van der Waals surface area contributed by atoms with E-state index in [1.807, 2.05) is 17.9 Å². The topological polar surface area (TPSA) is 29.9 Å². The van der Waals surface area contributed by atoms with Crippen LogP contribution in [0.2, 0.25) is 0 Å². The highest BCUT2D eigenvalue weighted by molar-refractivity contribution is 5.03. The minimum Gasteiger partial charge on any atom is -0.316 e. The maximum absolute atomic E-state index is 4.19. The predicted octanol–water partition coefficient (Wildman–Crippen LogP) is 2.54. The van der Waals surface area contributed by atoms with E-state index in [-0.39, 0.29) is 5.41 Å². The van der Waals surface area contributed by atoms with Gasteiger partial charge in [-0.1, -0.05) is 19.9 Å².